The van der Waals surface area contributed by atoms with Crippen LogP contribution >= 0.6 is 0 Å². The van der Waals surface area contributed by atoms with Crippen molar-refractivity contribution in [3.8, 4) is 5.75 Å². The van der Waals surface area contributed by atoms with Gasteiger partial charge in [-0.15, -0.1) is 0 Å². The van der Waals surface area contributed by atoms with E-state index in [2.05, 4.69) is 10.6 Å². The van der Waals surface area contributed by atoms with Crippen LogP contribution in [0.1, 0.15) is 82.5 Å². The van der Waals surface area contributed by atoms with Gasteiger partial charge in [-0.25, -0.2) is 17.6 Å². The van der Waals surface area contributed by atoms with E-state index in [4.69, 9.17) is 9.47 Å². The van der Waals surface area contributed by atoms with E-state index in [-0.39, 0.29) is 54.3 Å². The molecule has 1 fully saturated rings. The van der Waals surface area contributed by atoms with E-state index in [0.29, 0.717) is 30.9 Å². The number of anilines is 1. The molecule has 3 N–H and O–H groups in total. The number of likely N-dealkylation sites (N-methyl/N-ethyl adjacent to an activating group) is 1. The van der Waals surface area contributed by atoms with E-state index in [9.17, 15) is 27.5 Å². The van der Waals surface area contributed by atoms with E-state index >= 15 is 0 Å². The molecule has 13 heteroatoms. The number of rotatable bonds is 8. The highest BCUT2D eigenvalue weighted by molar-refractivity contribution is 7.89. The number of hydrogen-bond donors (Lipinski definition) is 3. The summed E-state index contributed by atoms with van der Waals surface area (Å²) >= 11 is 0. The molecule has 3 amide bonds. The first kappa shape index (κ1) is 37.6. The van der Waals surface area contributed by atoms with Crippen molar-refractivity contribution >= 4 is 27.6 Å². The highest BCUT2D eigenvalue weighted by Gasteiger charge is 2.32. The maximum absolute atomic E-state index is 14.3. The molecular formula is C35H51FN4O7S. The van der Waals surface area contributed by atoms with Crippen molar-refractivity contribution in [3.63, 3.8) is 0 Å². The first-order chi connectivity index (χ1) is 22.9. The van der Waals surface area contributed by atoms with Gasteiger partial charge in [0.1, 0.15) is 11.6 Å². The van der Waals surface area contributed by atoms with Gasteiger partial charge in [-0.05, 0) is 88.4 Å². The van der Waals surface area contributed by atoms with Gasteiger partial charge in [-0.2, -0.15) is 4.31 Å². The summed E-state index contributed by atoms with van der Waals surface area (Å²) in [5.74, 6) is -0.912. The zero-order valence-corrected chi connectivity index (χ0v) is 29.3. The highest BCUT2D eigenvalue weighted by atomic mass is 32.2. The zero-order valence-electron chi connectivity index (χ0n) is 28.5. The Kier molecular flexibility index (Phi) is 13.6. The maximum atomic E-state index is 14.3. The Morgan fingerprint density at radius 3 is 2.44 bits per heavy atom. The number of carbonyl (C=O) groups is 2. The molecule has 0 spiro atoms. The number of amides is 3. The third-order valence-corrected chi connectivity index (χ3v) is 11.0. The number of aliphatic hydroxyl groups excluding tert-OH is 1. The molecule has 0 bridgehead atoms. The fraction of sp³-hybridized carbons (Fsp3) is 0.600. The van der Waals surface area contributed by atoms with Crippen molar-refractivity contribution in [1.82, 2.24) is 14.5 Å². The number of carbonyl (C=O) groups excluding carboxylic acids is 2. The summed E-state index contributed by atoms with van der Waals surface area (Å²) < 4.78 is 53.9. The van der Waals surface area contributed by atoms with Crippen molar-refractivity contribution in [2.45, 2.75) is 101 Å². The number of fused-ring (bicyclic) bond motifs is 1. The fourth-order valence-electron chi connectivity index (χ4n) is 6.20. The van der Waals surface area contributed by atoms with Crippen LogP contribution in [0.4, 0.5) is 14.9 Å². The van der Waals surface area contributed by atoms with Gasteiger partial charge in [0.15, 0.2) is 0 Å². The van der Waals surface area contributed by atoms with Gasteiger partial charge in [0.25, 0.3) is 5.91 Å². The van der Waals surface area contributed by atoms with Crippen LogP contribution in [-0.2, 0) is 14.8 Å². The molecule has 0 radical (unpaired) electrons. The molecule has 2 aromatic rings. The number of aliphatic hydroxyl groups is 1. The number of nitrogens with one attached hydrogen (secondary N) is 2. The summed E-state index contributed by atoms with van der Waals surface area (Å²) in [5.41, 5.74) is 0.682. The molecule has 2 aliphatic rings. The number of halogens is 1. The summed E-state index contributed by atoms with van der Waals surface area (Å²) in [4.78, 5) is 28.7. The number of hydrogen-bond acceptors (Lipinski definition) is 7. The van der Waals surface area contributed by atoms with Crippen molar-refractivity contribution in [2.24, 2.45) is 5.92 Å². The topological polar surface area (TPSA) is 138 Å². The molecule has 0 unspecified atom stereocenters. The molecule has 11 nitrogen and oxygen atoms in total. The smallest absolute Gasteiger partial charge is 0.319 e. The third-order valence-electron chi connectivity index (χ3n) is 9.21. The molecule has 266 valence electrons. The molecule has 1 saturated carbocycles. The van der Waals surface area contributed by atoms with Gasteiger partial charge in [-0.3, -0.25) is 4.79 Å². The Morgan fingerprint density at radius 1 is 1.06 bits per heavy atom. The lowest BCUT2D eigenvalue weighted by Gasteiger charge is -2.35. The monoisotopic (exact) mass is 690 g/mol. The first-order valence-corrected chi connectivity index (χ1v) is 18.5. The lowest BCUT2D eigenvalue weighted by molar-refractivity contribution is -0.00834. The molecule has 1 aliphatic heterocycles. The molecule has 2 aromatic carbocycles. The van der Waals surface area contributed by atoms with Crippen LogP contribution < -0.4 is 15.4 Å². The quantitative estimate of drug-likeness (QED) is 0.338. The predicted molar refractivity (Wildman–Crippen MR) is 182 cm³/mol. The Morgan fingerprint density at radius 2 is 1.75 bits per heavy atom. The molecule has 0 saturated heterocycles. The number of benzene rings is 2. The Hall–Kier alpha value is -3.26. The molecular weight excluding hydrogens is 639 g/mol. The second kappa shape index (κ2) is 17.4. The molecule has 4 atom stereocenters. The van der Waals surface area contributed by atoms with Gasteiger partial charge in [0.2, 0.25) is 10.0 Å². The summed E-state index contributed by atoms with van der Waals surface area (Å²) in [6.45, 7) is 5.76. The Bertz CT molecular complexity index is 1470. The zero-order chi connectivity index (χ0) is 34.8. The third kappa shape index (κ3) is 10.1. The molecule has 4 rings (SSSR count). The minimum atomic E-state index is -3.95. The largest absolute Gasteiger partial charge is 0.490 e. The van der Waals surface area contributed by atoms with E-state index in [1.165, 1.54) is 29.9 Å². The van der Waals surface area contributed by atoms with E-state index < -0.39 is 33.9 Å². The normalized spacial score (nSPS) is 22.7. The lowest BCUT2D eigenvalue weighted by Crippen LogP contribution is -2.48. The molecule has 48 heavy (non-hydrogen) atoms. The minimum absolute atomic E-state index is 0.00329. The van der Waals surface area contributed by atoms with Crippen LogP contribution in [0.25, 0.3) is 0 Å². The van der Waals surface area contributed by atoms with Crippen molar-refractivity contribution in [3.05, 3.63) is 53.8 Å². The van der Waals surface area contributed by atoms with Crippen LogP contribution in [-0.4, -0.2) is 92.3 Å². The average Bonchev–Trinajstić information content (AvgIpc) is 3.06. The predicted octanol–water partition coefficient (Wildman–Crippen LogP) is 5.40. The Balaban J connectivity index is 1.60. The van der Waals surface area contributed by atoms with Crippen molar-refractivity contribution in [1.29, 1.82) is 0 Å². The van der Waals surface area contributed by atoms with E-state index in [1.54, 1.807) is 30.0 Å². The van der Waals surface area contributed by atoms with Gasteiger partial charge in [-0.1, -0.05) is 26.2 Å². The van der Waals surface area contributed by atoms with E-state index in [0.717, 1.165) is 44.2 Å². The van der Waals surface area contributed by atoms with Crippen LogP contribution in [0.5, 0.6) is 5.75 Å². The van der Waals surface area contributed by atoms with Gasteiger partial charge >= 0.3 is 6.03 Å². The standard InChI is InChI=1S/C35H51FN4O7S/c1-24-21-40(25(2)23-41)34(42)31-20-29(38-35(43)37-28-11-6-5-7-12-28)15-18-32(31)47-26(3)10-8-9-19-46-33(24)22-39(4)48(44,45)30-16-13-27(36)14-17-30/h13-18,20,24-26,28,33,41H,5-12,19,21-23H2,1-4H3,(H2,37,38,43)/t24-,25-,26+,33-/m0/s1. The summed E-state index contributed by atoms with van der Waals surface area (Å²) in [5, 5.41) is 16.1. The van der Waals surface area contributed by atoms with Crippen LogP contribution in [0.15, 0.2) is 47.4 Å². The van der Waals surface area contributed by atoms with Gasteiger partial charge < -0.3 is 30.1 Å². The molecule has 1 aliphatic carbocycles. The second-order valence-corrected chi connectivity index (χ2v) is 15.2. The minimum Gasteiger partial charge on any atom is -0.490 e. The maximum Gasteiger partial charge on any atom is 0.319 e. The summed E-state index contributed by atoms with van der Waals surface area (Å²) in [6, 6.07) is 8.87. The van der Waals surface area contributed by atoms with Crippen molar-refractivity contribution < 1.29 is 37.0 Å². The molecule has 0 aromatic heterocycles. The van der Waals surface area contributed by atoms with Gasteiger partial charge in [0.05, 0.1) is 35.3 Å². The van der Waals surface area contributed by atoms with Crippen molar-refractivity contribution in [2.75, 3.05) is 38.7 Å². The number of ether oxygens (including phenoxy) is 2. The number of sulfonamides is 1. The average molecular weight is 691 g/mol. The van der Waals surface area contributed by atoms with E-state index in [1.807, 2.05) is 13.8 Å². The number of nitrogens with zero attached hydrogens (tertiary/aromatic N) is 2. The van der Waals surface area contributed by atoms with Crippen LogP contribution in [0.2, 0.25) is 0 Å². The first-order valence-electron chi connectivity index (χ1n) is 17.0. The molecule has 1 heterocycles. The summed E-state index contributed by atoms with van der Waals surface area (Å²) in [7, 11) is -2.49. The SMILES string of the molecule is C[C@@H]1CCCCO[C@@H](CN(C)S(=O)(=O)c2ccc(F)cc2)[C@@H](C)CN([C@@H](C)CO)C(=O)c2cc(NC(=O)NC3CCCCC3)ccc2O1. The van der Waals surface area contributed by atoms with Gasteiger partial charge in [0, 0.05) is 44.4 Å². The Labute approximate surface area is 284 Å². The van der Waals surface area contributed by atoms with Crippen LogP contribution in [0.3, 0.4) is 0 Å². The highest BCUT2D eigenvalue weighted by Crippen LogP contribution is 2.29. The summed E-state index contributed by atoms with van der Waals surface area (Å²) in [6.07, 6.45) is 6.57. The lowest BCUT2D eigenvalue weighted by atomic mass is 9.96. The fourth-order valence-corrected chi connectivity index (χ4v) is 7.38. The number of urea groups is 1. The second-order valence-electron chi connectivity index (χ2n) is 13.2. The van der Waals surface area contributed by atoms with Crippen LogP contribution in [0, 0.1) is 11.7 Å².